The molecular formula is C29H31FN2O5. The molecule has 8 heteroatoms. The molecule has 4 aromatic rings. The second-order valence-electron chi connectivity index (χ2n) is 8.57. The maximum atomic E-state index is 13.0. The van der Waals surface area contributed by atoms with Crippen molar-refractivity contribution in [2.45, 2.75) is 26.4 Å². The highest BCUT2D eigenvalue weighted by molar-refractivity contribution is 6.04. The van der Waals surface area contributed by atoms with Gasteiger partial charge in [0.15, 0.2) is 0 Å². The molecule has 37 heavy (non-hydrogen) atoms. The molecule has 1 N–H and O–H groups in total. The van der Waals surface area contributed by atoms with E-state index in [1.165, 1.54) is 16.3 Å². The number of para-hydroxylation sites is 1. The molecule has 7 nitrogen and oxygen atoms in total. The molecule has 1 aromatic heterocycles. The normalized spacial score (nSPS) is 11.4. The molecule has 0 aliphatic rings. The molecule has 0 spiro atoms. The van der Waals surface area contributed by atoms with Crippen molar-refractivity contribution in [3.63, 3.8) is 0 Å². The average molecular weight is 507 g/mol. The summed E-state index contributed by atoms with van der Waals surface area (Å²) in [6.07, 6.45) is 1.68. The summed E-state index contributed by atoms with van der Waals surface area (Å²) in [5.41, 5.74) is 4.04. The molecule has 1 unspecified atom stereocenters. The lowest BCUT2D eigenvalue weighted by molar-refractivity contribution is -0.194. The van der Waals surface area contributed by atoms with E-state index in [1.807, 2.05) is 48.5 Å². The largest absolute Gasteiger partial charge is 0.456 e. The molecule has 194 valence electrons. The molecule has 0 aliphatic carbocycles. The van der Waals surface area contributed by atoms with Crippen LogP contribution < -0.4 is 5.32 Å². The zero-order chi connectivity index (χ0) is 26.5. The van der Waals surface area contributed by atoms with Gasteiger partial charge in [0.25, 0.3) is 5.91 Å². The van der Waals surface area contributed by atoms with Crippen molar-refractivity contribution >= 4 is 40.5 Å². The van der Waals surface area contributed by atoms with Gasteiger partial charge in [-0.2, -0.15) is 0 Å². The van der Waals surface area contributed by atoms with Crippen LogP contribution >= 0.6 is 0 Å². The van der Waals surface area contributed by atoms with Crippen LogP contribution in [0.25, 0.3) is 21.9 Å². The molecule has 0 saturated carbocycles. The van der Waals surface area contributed by atoms with Gasteiger partial charge in [0.2, 0.25) is 6.41 Å². The molecule has 0 radical (unpaired) electrons. The van der Waals surface area contributed by atoms with Gasteiger partial charge in [-0.3, -0.25) is 18.8 Å². The third-order valence-corrected chi connectivity index (χ3v) is 5.71. The first-order valence-electron chi connectivity index (χ1n) is 12.1. The Labute approximate surface area is 215 Å². The number of alkyl halides is 1. The van der Waals surface area contributed by atoms with Gasteiger partial charge >= 0.3 is 0 Å². The SMILES string of the molecule is Cc1ccc2c(c1)oc1ccccc12.O=CCCC(CF)CN(OCc1ccccc1)C(=O)CNC=O. The number of halogens is 1. The number of carbonyl (C=O) groups is 3. The van der Waals surface area contributed by atoms with Crippen LogP contribution in [0.15, 0.2) is 77.2 Å². The summed E-state index contributed by atoms with van der Waals surface area (Å²) < 4.78 is 18.8. The molecule has 0 bridgehead atoms. The molecule has 1 atom stereocenters. The van der Waals surface area contributed by atoms with Crippen LogP contribution in [0.4, 0.5) is 4.39 Å². The van der Waals surface area contributed by atoms with E-state index in [-0.39, 0.29) is 26.1 Å². The van der Waals surface area contributed by atoms with Crippen molar-refractivity contribution < 1.29 is 28.0 Å². The highest BCUT2D eigenvalue weighted by Crippen LogP contribution is 2.28. The minimum atomic E-state index is -0.659. The second kappa shape index (κ2) is 14.5. The summed E-state index contributed by atoms with van der Waals surface area (Å²) in [5, 5.41) is 5.71. The number of hydroxylamine groups is 2. The Morgan fingerprint density at radius 3 is 2.49 bits per heavy atom. The van der Waals surface area contributed by atoms with E-state index in [1.54, 1.807) is 0 Å². The summed E-state index contributed by atoms with van der Waals surface area (Å²) in [4.78, 5) is 38.2. The maximum Gasteiger partial charge on any atom is 0.265 e. The number of aryl methyl sites for hydroxylation is 1. The van der Waals surface area contributed by atoms with Crippen molar-refractivity contribution in [3.8, 4) is 0 Å². The van der Waals surface area contributed by atoms with E-state index in [4.69, 9.17) is 9.25 Å². The van der Waals surface area contributed by atoms with E-state index < -0.39 is 18.5 Å². The summed E-state index contributed by atoms with van der Waals surface area (Å²) in [7, 11) is 0. The summed E-state index contributed by atoms with van der Waals surface area (Å²) in [5.74, 6) is -0.964. The third kappa shape index (κ3) is 8.25. The summed E-state index contributed by atoms with van der Waals surface area (Å²) >= 11 is 0. The number of nitrogens with one attached hydrogen (secondary N) is 1. The fourth-order valence-electron chi connectivity index (χ4n) is 3.76. The predicted molar refractivity (Wildman–Crippen MR) is 140 cm³/mol. The Hall–Kier alpha value is -4.04. The van der Waals surface area contributed by atoms with Gasteiger partial charge in [-0.05, 0) is 36.6 Å². The lowest BCUT2D eigenvalue weighted by Crippen LogP contribution is -2.41. The quantitative estimate of drug-likeness (QED) is 0.212. The fraction of sp³-hybridized carbons (Fsp3) is 0.276. The molecule has 2 amide bonds. The van der Waals surface area contributed by atoms with Gasteiger partial charge in [0, 0.05) is 23.1 Å². The zero-order valence-electron chi connectivity index (χ0n) is 20.8. The summed E-state index contributed by atoms with van der Waals surface area (Å²) in [6, 6.07) is 23.7. The zero-order valence-corrected chi connectivity index (χ0v) is 20.8. The van der Waals surface area contributed by atoms with Crippen molar-refractivity contribution in [2.75, 3.05) is 19.8 Å². The Balaban J connectivity index is 0.000000228. The number of nitrogens with zero attached hydrogens (tertiary/aromatic N) is 1. The smallest absolute Gasteiger partial charge is 0.265 e. The van der Waals surface area contributed by atoms with E-state index >= 15 is 0 Å². The van der Waals surface area contributed by atoms with E-state index in [0.29, 0.717) is 19.1 Å². The molecule has 0 saturated heterocycles. The van der Waals surface area contributed by atoms with Crippen molar-refractivity contribution in [1.29, 1.82) is 0 Å². The third-order valence-electron chi connectivity index (χ3n) is 5.71. The number of aldehydes is 1. The molecule has 4 rings (SSSR count). The first kappa shape index (κ1) is 27.5. The molecule has 0 aliphatic heterocycles. The summed E-state index contributed by atoms with van der Waals surface area (Å²) in [6.45, 7) is 1.36. The minimum absolute atomic E-state index is 0.0243. The van der Waals surface area contributed by atoms with Gasteiger partial charge in [-0.1, -0.05) is 60.7 Å². The van der Waals surface area contributed by atoms with Gasteiger partial charge < -0.3 is 14.5 Å². The van der Waals surface area contributed by atoms with Crippen LogP contribution in [-0.4, -0.2) is 43.4 Å². The van der Waals surface area contributed by atoms with Crippen molar-refractivity contribution in [1.82, 2.24) is 10.4 Å². The first-order valence-corrected chi connectivity index (χ1v) is 12.1. The number of furan rings is 1. The van der Waals surface area contributed by atoms with Crippen molar-refractivity contribution in [3.05, 3.63) is 83.9 Å². The number of rotatable bonds is 12. The standard InChI is InChI=1S/C16H21FN2O4.C13H10O/c17-9-15(7-4-8-20)11-19(16(22)10-18-13-21)23-12-14-5-2-1-3-6-14;1-9-6-7-11-10-4-2-3-5-12(10)14-13(11)8-9/h1-3,5-6,8,13,15H,4,7,9-12H2,(H,18,21);2-8H,1H3. The first-order chi connectivity index (χ1) is 18.0. The average Bonchev–Trinajstić information content (AvgIpc) is 3.29. The number of carbonyl (C=O) groups excluding carboxylic acids is 3. The second-order valence-corrected chi connectivity index (χ2v) is 8.57. The topological polar surface area (TPSA) is 88.8 Å². The molecule has 3 aromatic carbocycles. The molecular weight excluding hydrogens is 475 g/mol. The lowest BCUT2D eigenvalue weighted by Gasteiger charge is -2.25. The fourth-order valence-corrected chi connectivity index (χ4v) is 3.76. The monoisotopic (exact) mass is 506 g/mol. The molecule has 1 heterocycles. The predicted octanol–water partition coefficient (Wildman–Crippen LogP) is 5.15. The Morgan fingerprint density at radius 1 is 1.03 bits per heavy atom. The van der Waals surface area contributed by atoms with Crippen LogP contribution in [0, 0.1) is 12.8 Å². The number of hydrogen-bond acceptors (Lipinski definition) is 5. The molecule has 0 fully saturated rings. The van der Waals surface area contributed by atoms with Crippen LogP contribution in [0.1, 0.15) is 24.0 Å². The van der Waals surface area contributed by atoms with Crippen LogP contribution in [-0.2, 0) is 25.8 Å². The van der Waals surface area contributed by atoms with Gasteiger partial charge in [0.05, 0.1) is 19.8 Å². The maximum absolute atomic E-state index is 13.0. The Kier molecular flexibility index (Phi) is 10.8. The Morgan fingerprint density at radius 2 is 1.76 bits per heavy atom. The van der Waals surface area contributed by atoms with Crippen LogP contribution in [0.5, 0.6) is 0 Å². The van der Waals surface area contributed by atoms with Gasteiger partial charge in [-0.25, -0.2) is 5.06 Å². The van der Waals surface area contributed by atoms with Crippen LogP contribution in [0.2, 0.25) is 0 Å². The number of hydrogen-bond donors (Lipinski definition) is 1. The highest BCUT2D eigenvalue weighted by Gasteiger charge is 2.20. The van der Waals surface area contributed by atoms with Gasteiger partial charge in [0.1, 0.15) is 24.1 Å². The van der Waals surface area contributed by atoms with E-state index in [0.717, 1.165) is 21.8 Å². The van der Waals surface area contributed by atoms with E-state index in [9.17, 15) is 18.8 Å². The highest BCUT2D eigenvalue weighted by atomic mass is 19.1. The number of fused-ring (bicyclic) bond motifs is 3. The minimum Gasteiger partial charge on any atom is -0.456 e. The van der Waals surface area contributed by atoms with E-state index in [2.05, 4.69) is 36.5 Å². The number of benzene rings is 3. The number of amides is 2. The van der Waals surface area contributed by atoms with Gasteiger partial charge in [-0.15, -0.1) is 0 Å². The lowest BCUT2D eigenvalue weighted by atomic mass is 10.1. The van der Waals surface area contributed by atoms with Crippen LogP contribution in [0.3, 0.4) is 0 Å². The Bertz CT molecular complexity index is 1290. The van der Waals surface area contributed by atoms with Crippen molar-refractivity contribution in [2.24, 2.45) is 5.92 Å².